The molecule has 7 heteroatoms. The van der Waals surface area contributed by atoms with Crippen LogP contribution in [0.4, 0.5) is 4.39 Å². The van der Waals surface area contributed by atoms with Crippen molar-refractivity contribution in [2.75, 3.05) is 5.75 Å². The first-order valence-corrected chi connectivity index (χ1v) is 6.56. The number of nitrogens with one attached hydrogen (secondary N) is 1. The standard InChI is InChI=1S/C12H9FN4OS/c1-6(18)5-19-12-15-11-10(16-17-12)8-4-7(13)2-3-9(8)14-11/h2-4H,5H2,1H3,(H,14,15,17). The highest BCUT2D eigenvalue weighted by atomic mass is 32.2. The minimum Gasteiger partial charge on any atom is -0.338 e. The van der Waals surface area contributed by atoms with Gasteiger partial charge >= 0.3 is 0 Å². The number of carbonyl (C=O) groups is 1. The molecule has 0 fully saturated rings. The van der Waals surface area contributed by atoms with Crippen LogP contribution in [0.25, 0.3) is 22.1 Å². The van der Waals surface area contributed by atoms with Gasteiger partial charge < -0.3 is 4.98 Å². The molecule has 0 aliphatic carbocycles. The summed E-state index contributed by atoms with van der Waals surface area (Å²) in [5.74, 6) is 0.0276. The van der Waals surface area contributed by atoms with Gasteiger partial charge in [0.1, 0.15) is 17.1 Å². The van der Waals surface area contributed by atoms with Crippen LogP contribution in [0, 0.1) is 5.82 Å². The third kappa shape index (κ3) is 2.28. The Morgan fingerprint density at radius 1 is 1.42 bits per heavy atom. The zero-order valence-corrected chi connectivity index (χ0v) is 10.8. The Morgan fingerprint density at radius 3 is 3.05 bits per heavy atom. The summed E-state index contributed by atoms with van der Waals surface area (Å²) < 4.78 is 13.2. The highest BCUT2D eigenvalue weighted by molar-refractivity contribution is 7.99. The molecule has 2 aromatic heterocycles. The second kappa shape index (κ2) is 4.58. The van der Waals surface area contributed by atoms with E-state index >= 15 is 0 Å². The van der Waals surface area contributed by atoms with Gasteiger partial charge in [-0.05, 0) is 25.1 Å². The minimum absolute atomic E-state index is 0.0485. The molecule has 96 valence electrons. The summed E-state index contributed by atoms with van der Waals surface area (Å²) in [6.07, 6.45) is 0. The SMILES string of the molecule is CC(=O)CSc1nnc2c(n1)[nH]c1ccc(F)cc12. The minimum atomic E-state index is -0.328. The molecular weight excluding hydrogens is 267 g/mol. The van der Waals surface area contributed by atoms with Crippen molar-refractivity contribution in [3.8, 4) is 0 Å². The van der Waals surface area contributed by atoms with Gasteiger partial charge in [0.05, 0.1) is 5.75 Å². The molecule has 3 rings (SSSR count). The van der Waals surface area contributed by atoms with Crippen molar-refractivity contribution in [1.82, 2.24) is 20.2 Å². The van der Waals surface area contributed by atoms with E-state index in [1.54, 1.807) is 6.07 Å². The summed E-state index contributed by atoms with van der Waals surface area (Å²) in [6, 6.07) is 4.40. The van der Waals surface area contributed by atoms with Gasteiger partial charge in [-0.3, -0.25) is 4.79 Å². The van der Waals surface area contributed by atoms with E-state index in [0.29, 0.717) is 27.5 Å². The number of rotatable bonds is 3. The summed E-state index contributed by atoms with van der Waals surface area (Å²) in [5, 5.41) is 9.06. The number of aromatic amines is 1. The molecule has 3 aromatic rings. The average molecular weight is 276 g/mol. The highest BCUT2D eigenvalue weighted by Gasteiger charge is 2.10. The number of aromatic nitrogens is 4. The van der Waals surface area contributed by atoms with Crippen LogP contribution in [0.15, 0.2) is 23.4 Å². The fourth-order valence-electron chi connectivity index (χ4n) is 1.76. The van der Waals surface area contributed by atoms with Crippen molar-refractivity contribution in [2.45, 2.75) is 12.1 Å². The Labute approximate surface area is 111 Å². The monoisotopic (exact) mass is 276 g/mol. The van der Waals surface area contributed by atoms with E-state index in [1.807, 2.05) is 0 Å². The third-order valence-electron chi connectivity index (χ3n) is 2.56. The van der Waals surface area contributed by atoms with E-state index in [-0.39, 0.29) is 11.6 Å². The Bertz CT molecular complexity index is 786. The lowest BCUT2D eigenvalue weighted by Gasteiger charge is -1.95. The molecule has 0 aliphatic heterocycles. The number of ketones is 1. The first kappa shape index (κ1) is 12.0. The van der Waals surface area contributed by atoms with Gasteiger partial charge in [0.2, 0.25) is 5.16 Å². The number of hydrogen-bond acceptors (Lipinski definition) is 5. The summed E-state index contributed by atoms with van der Waals surface area (Å²) >= 11 is 1.23. The average Bonchev–Trinajstić information content (AvgIpc) is 2.73. The molecule has 2 heterocycles. The number of thioether (sulfide) groups is 1. The molecule has 0 radical (unpaired) electrons. The zero-order chi connectivity index (χ0) is 13.4. The Morgan fingerprint density at radius 2 is 2.26 bits per heavy atom. The summed E-state index contributed by atoms with van der Waals surface area (Å²) in [4.78, 5) is 18.2. The molecule has 0 atom stereocenters. The maximum atomic E-state index is 13.2. The Kier molecular flexibility index (Phi) is 2.90. The lowest BCUT2D eigenvalue weighted by molar-refractivity contribution is -0.114. The molecule has 0 aliphatic rings. The van der Waals surface area contributed by atoms with Crippen LogP contribution in [0.3, 0.4) is 0 Å². The second-order valence-corrected chi connectivity index (χ2v) is 5.04. The fraction of sp³-hybridized carbons (Fsp3) is 0.167. The van der Waals surface area contributed by atoms with Gasteiger partial charge in [0.15, 0.2) is 5.65 Å². The van der Waals surface area contributed by atoms with Gasteiger partial charge in [-0.25, -0.2) is 9.37 Å². The van der Waals surface area contributed by atoms with Crippen molar-refractivity contribution in [2.24, 2.45) is 0 Å². The Hall–Kier alpha value is -2.02. The smallest absolute Gasteiger partial charge is 0.211 e. The molecule has 0 spiro atoms. The number of H-pyrrole nitrogens is 1. The van der Waals surface area contributed by atoms with Crippen LogP contribution < -0.4 is 0 Å². The molecule has 5 nitrogen and oxygen atoms in total. The largest absolute Gasteiger partial charge is 0.338 e. The summed E-state index contributed by atoms with van der Waals surface area (Å²) in [5.41, 5.74) is 1.83. The lowest BCUT2D eigenvalue weighted by Crippen LogP contribution is -1.97. The van der Waals surface area contributed by atoms with E-state index < -0.39 is 0 Å². The molecule has 1 N–H and O–H groups in total. The van der Waals surface area contributed by atoms with Gasteiger partial charge in [-0.1, -0.05) is 11.8 Å². The maximum absolute atomic E-state index is 13.2. The van der Waals surface area contributed by atoms with E-state index in [2.05, 4.69) is 20.2 Å². The topological polar surface area (TPSA) is 71.5 Å². The number of benzene rings is 1. The first-order valence-electron chi connectivity index (χ1n) is 5.57. The fourth-order valence-corrected chi connectivity index (χ4v) is 2.34. The molecule has 1 aromatic carbocycles. The van der Waals surface area contributed by atoms with E-state index in [0.717, 1.165) is 5.52 Å². The van der Waals surface area contributed by atoms with Gasteiger partial charge in [0.25, 0.3) is 0 Å². The number of fused-ring (bicyclic) bond motifs is 3. The van der Waals surface area contributed by atoms with Gasteiger partial charge in [-0.15, -0.1) is 10.2 Å². The van der Waals surface area contributed by atoms with Crippen LogP contribution in [-0.2, 0) is 4.79 Å². The lowest BCUT2D eigenvalue weighted by atomic mass is 10.2. The van der Waals surface area contributed by atoms with Crippen molar-refractivity contribution in [1.29, 1.82) is 0 Å². The molecule has 0 saturated heterocycles. The van der Waals surface area contributed by atoms with Crippen molar-refractivity contribution in [3.63, 3.8) is 0 Å². The van der Waals surface area contributed by atoms with E-state index in [4.69, 9.17) is 0 Å². The highest BCUT2D eigenvalue weighted by Crippen LogP contribution is 2.24. The molecule has 0 unspecified atom stereocenters. The quantitative estimate of drug-likeness (QED) is 0.743. The predicted octanol–water partition coefficient (Wildman–Crippen LogP) is 2.33. The van der Waals surface area contributed by atoms with Crippen LogP contribution in [0.1, 0.15) is 6.92 Å². The number of nitrogens with zero attached hydrogens (tertiary/aromatic N) is 3. The zero-order valence-electron chi connectivity index (χ0n) is 9.98. The third-order valence-corrected chi connectivity index (χ3v) is 3.54. The van der Waals surface area contributed by atoms with E-state index in [1.165, 1.54) is 30.8 Å². The normalized spacial score (nSPS) is 11.3. The van der Waals surface area contributed by atoms with Crippen LogP contribution >= 0.6 is 11.8 Å². The van der Waals surface area contributed by atoms with Crippen LogP contribution in [-0.4, -0.2) is 31.7 Å². The van der Waals surface area contributed by atoms with Crippen molar-refractivity contribution >= 4 is 39.6 Å². The maximum Gasteiger partial charge on any atom is 0.211 e. The van der Waals surface area contributed by atoms with Gasteiger partial charge in [0, 0.05) is 10.9 Å². The summed E-state index contributed by atoms with van der Waals surface area (Å²) in [6.45, 7) is 1.50. The van der Waals surface area contributed by atoms with Gasteiger partial charge in [-0.2, -0.15) is 0 Å². The number of hydrogen-bond donors (Lipinski definition) is 1. The van der Waals surface area contributed by atoms with Crippen LogP contribution in [0.2, 0.25) is 0 Å². The first-order chi connectivity index (χ1) is 9.13. The molecule has 0 saturated carbocycles. The predicted molar refractivity (Wildman–Crippen MR) is 70.6 cm³/mol. The number of carbonyl (C=O) groups excluding carboxylic acids is 1. The molecular formula is C12H9FN4OS. The molecule has 19 heavy (non-hydrogen) atoms. The van der Waals surface area contributed by atoms with Crippen molar-refractivity contribution < 1.29 is 9.18 Å². The Balaban J connectivity index is 2.08. The molecule has 0 bridgehead atoms. The second-order valence-electron chi connectivity index (χ2n) is 4.10. The number of halogens is 1. The van der Waals surface area contributed by atoms with Crippen LogP contribution in [0.5, 0.6) is 0 Å². The van der Waals surface area contributed by atoms with Crippen molar-refractivity contribution in [3.05, 3.63) is 24.0 Å². The number of Topliss-reactive ketones (excluding diaryl/α,β-unsaturated/α-hetero) is 1. The molecule has 0 amide bonds. The summed E-state index contributed by atoms with van der Waals surface area (Å²) in [7, 11) is 0. The van der Waals surface area contributed by atoms with E-state index in [9.17, 15) is 9.18 Å².